The fourth-order valence-electron chi connectivity index (χ4n) is 8.06. The van der Waals surface area contributed by atoms with Gasteiger partial charge in [-0.2, -0.15) is 0 Å². The van der Waals surface area contributed by atoms with Crippen LogP contribution in [-0.2, 0) is 4.79 Å². The minimum Gasteiger partial charge on any atom is -0.394 e. The van der Waals surface area contributed by atoms with Crippen molar-refractivity contribution in [3.63, 3.8) is 0 Å². The number of hydrogen-bond donors (Lipinski definition) is 4. The Hall–Kier alpha value is -1.17. The molecule has 0 heterocycles. The van der Waals surface area contributed by atoms with Crippen LogP contribution in [0.5, 0.6) is 0 Å². The molecule has 0 aromatic heterocycles. The third-order valence-electron chi connectivity index (χ3n) is 12.0. The van der Waals surface area contributed by atoms with Crippen molar-refractivity contribution in [1.82, 2.24) is 5.32 Å². The Labute approximate surface area is 356 Å². The predicted octanol–water partition coefficient (Wildman–Crippen LogP) is 15.3. The largest absolute Gasteiger partial charge is 0.394 e. The van der Waals surface area contributed by atoms with E-state index < -0.39 is 18.2 Å². The van der Waals surface area contributed by atoms with Crippen LogP contribution >= 0.6 is 0 Å². The van der Waals surface area contributed by atoms with Crippen molar-refractivity contribution in [2.24, 2.45) is 0 Å². The first-order valence-corrected chi connectivity index (χ1v) is 25.6. The number of carbonyl (C=O) groups excluding carboxylic acids is 1. The molecule has 338 valence electrons. The third-order valence-corrected chi connectivity index (χ3v) is 12.0. The van der Waals surface area contributed by atoms with Crippen LogP contribution in [0.15, 0.2) is 24.3 Å². The number of allylic oxidation sites excluding steroid dienone is 4. The summed E-state index contributed by atoms with van der Waals surface area (Å²) in [5.74, 6) is -0.155. The molecule has 3 atom stereocenters. The van der Waals surface area contributed by atoms with Gasteiger partial charge in [-0.1, -0.05) is 244 Å². The molecule has 1 amide bonds. The average Bonchev–Trinajstić information content (AvgIpc) is 3.22. The highest BCUT2D eigenvalue weighted by molar-refractivity contribution is 5.76. The summed E-state index contributed by atoms with van der Waals surface area (Å²) in [6, 6.07) is -0.828. The number of hydrogen-bond acceptors (Lipinski definition) is 4. The maximum absolute atomic E-state index is 12.4. The average molecular weight is 804 g/mol. The number of amides is 1. The van der Waals surface area contributed by atoms with Crippen molar-refractivity contribution in [1.29, 1.82) is 0 Å². The molecule has 0 aliphatic rings. The van der Waals surface area contributed by atoms with E-state index >= 15 is 0 Å². The molecule has 0 spiro atoms. The van der Waals surface area contributed by atoms with Crippen LogP contribution in [0.1, 0.15) is 277 Å². The van der Waals surface area contributed by atoms with Gasteiger partial charge in [0, 0.05) is 6.42 Å². The number of nitrogens with one attached hydrogen (secondary N) is 1. The van der Waals surface area contributed by atoms with Crippen LogP contribution in [0.3, 0.4) is 0 Å². The lowest BCUT2D eigenvalue weighted by Crippen LogP contribution is -2.50. The van der Waals surface area contributed by atoms with Crippen LogP contribution in [0.4, 0.5) is 0 Å². The lowest BCUT2D eigenvalue weighted by atomic mass is 10.0. The van der Waals surface area contributed by atoms with E-state index in [1.54, 1.807) is 0 Å². The Balaban J connectivity index is 3.47. The number of rotatable bonds is 47. The number of aliphatic hydroxyl groups is 3. The van der Waals surface area contributed by atoms with E-state index in [1.165, 1.54) is 205 Å². The Morgan fingerprint density at radius 1 is 0.421 bits per heavy atom. The molecule has 57 heavy (non-hydrogen) atoms. The Morgan fingerprint density at radius 3 is 1.07 bits per heavy atom. The van der Waals surface area contributed by atoms with Gasteiger partial charge in [0.15, 0.2) is 0 Å². The van der Waals surface area contributed by atoms with Crippen molar-refractivity contribution in [2.75, 3.05) is 6.61 Å². The van der Waals surface area contributed by atoms with E-state index in [9.17, 15) is 20.1 Å². The summed E-state index contributed by atoms with van der Waals surface area (Å²) in [5.41, 5.74) is 0. The van der Waals surface area contributed by atoms with Crippen molar-refractivity contribution < 1.29 is 20.1 Å². The van der Waals surface area contributed by atoms with E-state index in [0.29, 0.717) is 12.8 Å². The Bertz CT molecular complexity index is 844. The minimum absolute atomic E-state index is 0.155. The summed E-state index contributed by atoms with van der Waals surface area (Å²) in [6.45, 7) is 4.15. The first kappa shape index (κ1) is 55.8. The van der Waals surface area contributed by atoms with Gasteiger partial charge in [-0.25, -0.2) is 0 Å². The number of carbonyl (C=O) groups is 1. The monoisotopic (exact) mass is 804 g/mol. The fraction of sp³-hybridized carbons (Fsp3) is 0.904. The van der Waals surface area contributed by atoms with Crippen molar-refractivity contribution in [3.05, 3.63) is 24.3 Å². The SMILES string of the molecule is CCCCC/C=C/CC/C=C/CCCC(O)C(O)C(CO)NC(=O)CCCCCCCCCCCCCCCCCCCCCCCCCCCCCCCCC. The van der Waals surface area contributed by atoms with E-state index in [0.717, 1.165) is 44.9 Å². The molecule has 0 aliphatic heterocycles. The lowest BCUT2D eigenvalue weighted by Gasteiger charge is -2.26. The standard InChI is InChI=1S/C52H101NO4/c1-3-5-7-9-11-13-15-17-18-19-20-21-22-23-24-25-26-27-28-29-30-31-32-33-34-35-37-39-41-43-45-47-51(56)53-49(48-54)52(57)50(55)46-44-42-40-38-36-16-14-12-10-8-6-4-2/h12,14,38,40,49-50,52,54-55,57H,3-11,13,15-37,39,41-48H2,1-2H3,(H,53,56)/b14-12+,40-38+. The molecule has 5 heteroatoms. The Kier molecular flexibility index (Phi) is 46.5. The topological polar surface area (TPSA) is 89.8 Å². The highest BCUT2D eigenvalue weighted by Gasteiger charge is 2.26. The lowest BCUT2D eigenvalue weighted by molar-refractivity contribution is -0.124. The molecule has 0 radical (unpaired) electrons. The van der Waals surface area contributed by atoms with Crippen LogP contribution in [0.2, 0.25) is 0 Å². The zero-order chi connectivity index (χ0) is 41.5. The summed E-state index contributed by atoms with van der Waals surface area (Å²) < 4.78 is 0. The molecule has 0 saturated carbocycles. The summed E-state index contributed by atoms with van der Waals surface area (Å²) in [4.78, 5) is 12.4. The van der Waals surface area contributed by atoms with Gasteiger partial charge in [0.2, 0.25) is 5.91 Å². The maximum Gasteiger partial charge on any atom is 0.220 e. The van der Waals surface area contributed by atoms with Crippen molar-refractivity contribution in [3.8, 4) is 0 Å². The van der Waals surface area contributed by atoms with Gasteiger partial charge >= 0.3 is 0 Å². The quantitative estimate of drug-likeness (QED) is 0.0364. The van der Waals surface area contributed by atoms with E-state index in [1.807, 2.05) is 0 Å². The molecule has 5 nitrogen and oxygen atoms in total. The molecule has 0 saturated heterocycles. The molecule has 0 aromatic rings. The van der Waals surface area contributed by atoms with Gasteiger partial charge in [0.25, 0.3) is 0 Å². The highest BCUT2D eigenvalue weighted by atomic mass is 16.3. The van der Waals surface area contributed by atoms with Gasteiger partial charge in [-0.3, -0.25) is 4.79 Å². The molecular weight excluding hydrogens is 703 g/mol. The summed E-state index contributed by atoms with van der Waals surface area (Å²) in [6.07, 6.45) is 59.1. The van der Waals surface area contributed by atoms with Crippen LogP contribution in [-0.4, -0.2) is 46.1 Å². The van der Waals surface area contributed by atoms with Gasteiger partial charge in [0.05, 0.1) is 18.8 Å². The molecule has 0 fully saturated rings. The second kappa shape index (κ2) is 47.5. The molecule has 0 aromatic carbocycles. The summed E-state index contributed by atoms with van der Waals surface area (Å²) >= 11 is 0. The molecule has 0 aliphatic carbocycles. The molecule has 4 N–H and O–H groups in total. The van der Waals surface area contributed by atoms with Gasteiger partial charge < -0.3 is 20.6 Å². The molecule has 0 bridgehead atoms. The van der Waals surface area contributed by atoms with Gasteiger partial charge in [0.1, 0.15) is 6.10 Å². The zero-order valence-electron chi connectivity index (χ0n) is 38.5. The summed E-state index contributed by atoms with van der Waals surface area (Å²) in [7, 11) is 0. The number of aliphatic hydroxyl groups excluding tert-OH is 3. The fourth-order valence-corrected chi connectivity index (χ4v) is 8.06. The second-order valence-corrected chi connectivity index (χ2v) is 17.7. The molecule has 0 rings (SSSR count). The first-order valence-electron chi connectivity index (χ1n) is 25.6. The normalized spacial score (nSPS) is 13.6. The molecular formula is C52H101NO4. The van der Waals surface area contributed by atoms with E-state index in [-0.39, 0.29) is 12.5 Å². The second-order valence-electron chi connectivity index (χ2n) is 17.7. The highest BCUT2D eigenvalue weighted by Crippen LogP contribution is 2.17. The van der Waals surface area contributed by atoms with E-state index in [4.69, 9.17) is 0 Å². The van der Waals surface area contributed by atoms with Crippen molar-refractivity contribution >= 4 is 5.91 Å². The van der Waals surface area contributed by atoms with Crippen LogP contribution in [0, 0.1) is 0 Å². The smallest absolute Gasteiger partial charge is 0.220 e. The first-order chi connectivity index (χ1) is 28.1. The zero-order valence-corrected chi connectivity index (χ0v) is 38.5. The molecule has 3 unspecified atom stereocenters. The number of unbranched alkanes of at least 4 members (excludes halogenated alkanes) is 35. The van der Waals surface area contributed by atoms with E-state index in [2.05, 4.69) is 43.5 Å². The van der Waals surface area contributed by atoms with Gasteiger partial charge in [-0.15, -0.1) is 0 Å². The Morgan fingerprint density at radius 2 is 0.719 bits per heavy atom. The minimum atomic E-state index is -1.16. The maximum atomic E-state index is 12.4. The summed E-state index contributed by atoms with van der Waals surface area (Å²) in [5, 5.41) is 33.5. The van der Waals surface area contributed by atoms with Gasteiger partial charge in [-0.05, 0) is 51.4 Å². The van der Waals surface area contributed by atoms with Crippen LogP contribution < -0.4 is 5.32 Å². The third kappa shape index (κ3) is 42.8. The predicted molar refractivity (Wildman–Crippen MR) is 250 cm³/mol. The van der Waals surface area contributed by atoms with Crippen molar-refractivity contribution in [2.45, 2.75) is 295 Å². The van der Waals surface area contributed by atoms with Crippen LogP contribution in [0.25, 0.3) is 0 Å².